The zero-order chi connectivity index (χ0) is 14.6. The molecule has 106 valence electrons. The fraction of sp³-hybridized carbons (Fsp3) is 0.615. The summed E-state index contributed by atoms with van der Waals surface area (Å²) < 4.78 is 10.2. The van der Waals surface area contributed by atoms with Crippen LogP contribution in [0.2, 0.25) is 0 Å². The third kappa shape index (κ3) is 4.17. The summed E-state index contributed by atoms with van der Waals surface area (Å²) in [5.41, 5.74) is 0.264. The molecule has 0 aliphatic heterocycles. The number of nitrogens with one attached hydrogen (secondary N) is 1. The second kappa shape index (κ2) is 6.47. The molecular weight excluding hydrogens is 250 g/mol. The first-order chi connectivity index (χ1) is 8.85. The lowest BCUT2D eigenvalue weighted by molar-refractivity contribution is -0.139. The van der Waals surface area contributed by atoms with Crippen LogP contribution in [0.3, 0.4) is 0 Å². The fourth-order valence-electron chi connectivity index (χ4n) is 1.92. The van der Waals surface area contributed by atoms with Crippen molar-refractivity contribution in [2.24, 2.45) is 0 Å². The number of Topliss-reactive ketones (excluding diaryl/α,β-unsaturated/α-hetero) is 1. The van der Waals surface area contributed by atoms with Gasteiger partial charge in [-0.05, 0) is 19.9 Å². The third-order valence-corrected chi connectivity index (χ3v) is 2.64. The topological polar surface area (TPSA) is 81.7 Å². The van der Waals surface area contributed by atoms with Gasteiger partial charge in [-0.15, -0.1) is 0 Å². The van der Waals surface area contributed by atoms with E-state index < -0.39 is 18.1 Å². The van der Waals surface area contributed by atoms with Crippen LogP contribution in [0.25, 0.3) is 0 Å². The van der Waals surface area contributed by atoms with Gasteiger partial charge in [0.2, 0.25) is 5.91 Å². The first-order valence-corrected chi connectivity index (χ1v) is 6.09. The standard InChI is InChI=1S/C13H19NO5/c1-7(2)19-11-6-9(13(17)18-4)5-10(16)12(11)14-8(3)15/h6-7,11-12H,5H2,1-4H3,(H,14,15)/t11-,12-/m1/s1. The monoisotopic (exact) mass is 269 g/mol. The molecule has 1 N–H and O–H groups in total. The molecule has 0 aromatic carbocycles. The number of ether oxygens (including phenoxy) is 2. The molecule has 1 rings (SSSR count). The Morgan fingerprint density at radius 1 is 1.42 bits per heavy atom. The SMILES string of the molecule is COC(=O)C1=C[C@@H](OC(C)C)[C@H](NC(C)=O)C(=O)C1. The van der Waals surface area contributed by atoms with Crippen LogP contribution in [0.15, 0.2) is 11.6 Å². The Hall–Kier alpha value is -1.69. The average Bonchev–Trinajstić information content (AvgIpc) is 2.31. The van der Waals surface area contributed by atoms with Crippen molar-refractivity contribution in [3.05, 3.63) is 11.6 Å². The van der Waals surface area contributed by atoms with Crippen LogP contribution in [0, 0.1) is 0 Å². The predicted molar refractivity (Wildman–Crippen MR) is 67.3 cm³/mol. The van der Waals surface area contributed by atoms with Gasteiger partial charge >= 0.3 is 5.97 Å². The van der Waals surface area contributed by atoms with Crippen molar-refractivity contribution >= 4 is 17.7 Å². The number of rotatable bonds is 4. The van der Waals surface area contributed by atoms with E-state index in [-0.39, 0.29) is 29.8 Å². The van der Waals surface area contributed by atoms with E-state index in [2.05, 4.69) is 10.1 Å². The first kappa shape index (κ1) is 15.4. The van der Waals surface area contributed by atoms with Crippen molar-refractivity contribution in [3.8, 4) is 0 Å². The molecule has 6 heteroatoms. The van der Waals surface area contributed by atoms with Crippen LogP contribution in [-0.4, -0.2) is 43.0 Å². The number of methoxy groups -OCH3 is 1. The quantitative estimate of drug-likeness (QED) is 0.745. The molecule has 19 heavy (non-hydrogen) atoms. The Balaban J connectivity index is 2.99. The van der Waals surface area contributed by atoms with Crippen LogP contribution in [-0.2, 0) is 23.9 Å². The lowest BCUT2D eigenvalue weighted by Gasteiger charge is -2.30. The Bertz CT molecular complexity index is 413. The molecular formula is C13H19NO5. The van der Waals surface area contributed by atoms with Gasteiger partial charge < -0.3 is 14.8 Å². The molecule has 1 aliphatic carbocycles. The summed E-state index contributed by atoms with van der Waals surface area (Å²) in [4.78, 5) is 34.6. The molecule has 0 fully saturated rings. The van der Waals surface area contributed by atoms with E-state index >= 15 is 0 Å². The number of esters is 1. The Morgan fingerprint density at radius 3 is 2.53 bits per heavy atom. The summed E-state index contributed by atoms with van der Waals surface area (Å²) >= 11 is 0. The molecule has 1 amide bonds. The van der Waals surface area contributed by atoms with Crippen molar-refractivity contribution in [3.63, 3.8) is 0 Å². The summed E-state index contributed by atoms with van der Waals surface area (Å²) in [6.07, 6.45) is 0.699. The molecule has 0 spiro atoms. The van der Waals surface area contributed by atoms with E-state index in [0.717, 1.165) is 0 Å². The predicted octanol–water partition coefficient (Wildman–Crippen LogP) is 0.357. The van der Waals surface area contributed by atoms with Crippen LogP contribution in [0.4, 0.5) is 0 Å². The molecule has 0 unspecified atom stereocenters. The molecule has 0 bridgehead atoms. The van der Waals surface area contributed by atoms with Gasteiger partial charge in [-0.1, -0.05) is 0 Å². The number of hydrogen-bond donors (Lipinski definition) is 1. The van der Waals surface area contributed by atoms with Gasteiger partial charge in [-0.3, -0.25) is 9.59 Å². The summed E-state index contributed by atoms with van der Waals surface area (Å²) in [6, 6.07) is -0.756. The number of amides is 1. The Labute approximate surface area is 112 Å². The van der Waals surface area contributed by atoms with Gasteiger partial charge in [0.25, 0.3) is 0 Å². The Kier molecular flexibility index (Phi) is 5.23. The highest BCUT2D eigenvalue weighted by atomic mass is 16.5. The van der Waals surface area contributed by atoms with E-state index in [1.54, 1.807) is 6.08 Å². The lowest BCUT2D eigenvalue weighted by Crippen LogP contribution is -2.51. The Morgan fingerprint density at radius 2 is 2.05 bits per heavy atom. The van der Waals surface area contributed by atoms with Gasteiger partial charge in [0.05, 0.1) is 13.2 Å². The minimum atomic E-state index is -0.756. The van der Waals surface area contributed by atoms with Gasteiger partial charge in [0.15, 0.2) is 5.78 Å². The summed E-state index contributed by atoms with van der Waals surface area (Å²) in [6.45, 7) is 4.96. The van der Waals surface area contributed by atoms with Crippen molar-refractivity contribution < 1.29 is 23.9 Å². The second-order valence-corrected chi connectivity index (χ2v) is 4.65. The maximum absolute atomic E-state index is 12.0. The minimum absolute atomic E-state index is 0.0599. The maximum atomic E-state index is 12.0. The van der Waals surface area contributed by atoms with Gasteiger partial charge in [-0.2, -0.15) is 0 Å². The smallest absolute Gasteiger partial charge is 0.333 e. The zero-order valence-corrected chi connectivity index (χ0v) is 11.6. The normalized spacial score (nSPS) is 23.0. The number of carbonyl (C=O) groups excluding carboxylic acids is 3. The van der Waals surface area contributed by atoms with Crippen molar-refractivity contribution in [2.45, 2.75) is 45.4 Å². The molecule has 0 saturated heterocycles. The van der Waals surface area contributed by atoms with Crippen LogP contribution in [0.5, 0.6) is 0 Å². The molecule has 0 radical (unpaired) electrons. The lowest BCUT2D eigenvalue weighted by atomic mass is 9.91. The van der Waals surface area contributed by atoms with E-state index in [1.807, 2.05) is 13.8 Å². The third-order valence-electron chi connectivity index (χ3n) is 2.64. The minimum Gasteiger partial charge on any atom is -0.466 e. The summed E-state index contributed by atoms with van der Waals surface area (Å²) in [5, 5.41) is 2.55. The van der Waals surface area contributed by atoms with Crippen LogP contribution >= 0.6 is 0 Å². The molecule has 2 atom stereocenters. The number of hydrogen-bond acceptors (Lipinski definition) is 5. The highest BCUT2D eigenvalue weighted by Crippen LogP contribution is 2.20. The fourth-order valence-corrected chi connectivity index (χ4v) is 1.92. The van der Waals surface area contributed by atoms with E-state index in [9.17, 15) is 14.4 Å². The van der Waals surface area contributed by atoms with E-state index in [0.29, 0.717) is 0 Å². The highest BCUT2D eigenvalue weighted by molar-refractivity contribution is 6.00. The average molecular weight is 269 g/mol. The molecule has 0 saturated carbocycles. The van der Waals surface area contributed by atoms with E-state index in [4.69, 9.17) is 4.74 Å². The van der Waals surface area contributed by atoms with Crippen molar-refractivity contribution in [2.75, 3.05) is 7.11 Å². The van der Waals surface area contributed by atoms with Gasteiger partial charge in [0.1, 0.15) is 12.1 Å². The molecule has 6 nitrogen and oxygen atoms in total. The highest BCUT2D eigenvalue weighted by Gasteiger charge is 2.35. The molecule has 1 aliphatic rings. The zero-order valence-electron chi connectivity index (χ0n) is 11.6. The molecule has 0 heterocycles. The molecule has 0 aromatic heterocycles. The van der Waals surface area contributed by atoms with Crippen molar-refractivity contribution in [1.82, 2.24) is 5.32 Å². The molecule has 0 aromatic rings. The van der Waals surface area contributed by atoms with Crippen LogP contribution < -0.4 is 5.32 Å². The van der Waals surface area contributed by atoms with Crippen LogP contribution in [0.1, 0.15) is 27.2 Å². The summed E-state index contributed by atoms with van der Waals surface area (Å²) in [5.74, 6) is -1.12. The summed E-state index contributed by atoms with van der Waals surface area (Å²) in [7, 11) is 1.26. The number of carbonyl (C=O) groups is 3. The maximum Gasteiger partial charge on any atom is 0.333 e. The van der Waals surface area contributed by atoms with E-state index in [1.165, 1.54) is 14.0 Å². The largest absolute Gasteiger partial charge is 0.466 e. The van der Waals surface area contributed by atoms with Gasteiger partial charge in [0, 0.05) is 18.9 Å². The second-order valence-electron chi connectivity index (χ2n) is 4.65. The van der Waals surface area contributed by atoms with Crippen molar-refractivity contribution in [1.29, 1.82) is 0 Å². The number of ketones is 1. The van der Waals surface area contributed by atoms with Gasteiger partial charge in [-0.25, -0.2) is 4.79 Å². The first-order valence-electron chi connectivity index (χ1n) is 6.09.